The molecule has 0 aromatic carbocycles. The average Bonchev–Trinajstić information content (AvgIpc) is 2.02. The van der Waals surface area contributed by atoms with Crippen LogP contribution in [0.15, 0.2) is 0 Å². The van der Waals surface area contributed by atoms with Crippen molar-refractivity contribution in [3.05, 3.63) is 0 Å². The van der Waals surface area contributed by atoms with Gasteiger partial charge in [-0.2, -0.15) is 0 Å². The second-order valence-corrected chi connectivity index (χ2v) is 2.79. The number of hydrogen-bond donors (Lipinski definition) is 2. The van der Waals surface area contributed by atoms with E-state index in [9.17, 15) is 0 Å². The van der Waals surface area contributed by atoms with Crippen LogP contribution in [0.25, 0.3) is 0 Å². The zero-order valence-corrected chi connectivity index (χ0v) is 7.69. The van der Waals surface area contributed by atoms with Crippen molar-refractivity contribution >= 4 is 0 Å². The second-order valence-electron chi connectivity index (χ2n) is 2.79. The van der Waals surface area contributed by atoms with E-state index in [0.717, 1.165) is 0 Å². The fourth-order valence-electron chi connectivity index (χ4n) is 0.799. The van der Waals surface area contributed by atoms with E-state index in [-0.39, 0.29) is 32.0 Å². The zero-order valence-electron chi connectivity index (χ0n) is 7.69. The Kier molecular flexibility index (Phi) is 7.39. The number of hydrogen-bond acceptors (Lipinski definition) is 4. The molecule has 2 N–H and O–H groups in total. The third-order valence-corrected chi connectivity index (χ3v) is 1.21. The highest BCUT2D eigenvalue weighted by Crippen LogP contribution is 1.97. The third-order valence-electron chi connectivity index (χ3n) is 1.21. The van der Waals surface area contributed by atoms with Gasteiger partial charge in [0.15, 0.2) is 0 Å². The average molecular weight is 178 g/mol. The summed E-state index contributed by atoms with van der Waals surface area (Å²) in [6.07, 6.45) is -0.198. The van der Waals surface area contributed by atoms with Gasteiger partial charge in [-0.15, -0.1) is 0 Å². The molecule has 4 heteroatoms. The fourth-order valence-corrected chi connectivity index (χ4v) is 0.799. The van der Waals surface area contributed by atoms with Crippen molar-refractivity contribution in [3.8, 4) is 0 Å². The monoisotopic (exact) mass is 178 g/mol. The molecule has 0 rings (SSSR count). The number of aliphatic hydroxyl groups is 2. The Morgan fingerprint density at radius 2 is 1.92 bits per heavy atom. The highest BCUT2D eigenvalue weighted by molar-refractivity contribution is 4.55. The normalized spacial score (nSPS) is 13.8. The van der Waals surface area contributed by atoms with E-state index >= 15 is 0 Å². The summed E-state index contributed by atoms with van der Waals surface area (Å²) in [6, 6.07) is 0. The molecule has 1 atom stereocenters. The van der Waals surface area contributed by atoms with Crippen molar-refractivity contribution in [2.45, 2.75) is 26.1 Å². The lowest BCUT2D eigenvalue weighted by atomic mass is 10.4. The van der Waals surface area contributed by atoms with Gasteiger partial charge in [-0.05, 0) is 13.8 Å². The third kappa shape index (κ3) is 6.54. The molecule has 0 saturated carbocycles. The summed E-state index contributed by atoms with van der Waals surface area (Å²) in [4.78, 5) is 0. The predicted octanol–water partition coefficient (Wildman–Crippen LogP) is -0.219. The van der Waals surface area contributed by atoms with Crippen LogP contribution in [0.2, 0.25) is 0 Å². The van der Waals surface area contributed by atoms with Crippen LogP contribution in [0, 0.1) is 0 Å². The summed E-state index contributed by atoms with van der Waals surface area (Å²) < 4.78 is 10.3. The van der Waals surface area contributed by atoms with Crippen LogP contribution in [0.5, 0.6) is 0 Å². The molecular formula is C8H18O4. The van der Waals surface area contributed by atoms with E-state index < -0.39 is 0 Å². The largest absolute Gasteiger partial charge is 0.394 e. The molecule has 0 aromatic heterocycles. The molecule has 74 valence electrons. The van der Waals surface area contributed by atoms with Crippen LogP contribution in [0.1, 0.15) is 13.8 Å². The van der Waals surface area contributed by atoms with Crippen molar-refractivity contribution in [2.24, 2.45) is 0 Å². The van der Waals surface area contributed by atoms with Crippen LogP contribution in [-0.4, -0.2) is 48.8 Å². The number of rotatable bonds is 7. The van der Waals surface area contributed by atoms with Gasteiger partial charge in [0, 0.05) is 0 Å². The SMILES string of the molecule is CC(C)OC(CO)COCCO. The summed E-state index contributed by atoms with van der Waals surface area (Å²) in [5, 5.41) is 17.2. The zero-order chi connectivity index (χ0) is 9.40. The van der Waals surface area contributed by atoms with Gasteiger partial charge < -0.3 is 19.7 Å². The minimum absolute atomic E-state index is 0.000171. The van der Waals surface area contributed by atoms with Crippen molar-refractivity contribution in [3.63, 3.8) is 0 Å². The van der Waals surface area contributed by atoms with Crippen molar-refractivity contribution in [1.82, 2.24) is 0 Å². The molecule has 12 heavy (non-hydrogen) atoms. The molecular weight excluding hydrogens is 160 g/mol. The van der Waals surface area contributed by atoms with Gasteiger partial charge in [0.1, 0.15) is 6.10 Å². The van der Waals surface area contributed by atoms with Crippen molar-refractivity contribution < 1.29 is 19.7 Å². The minimum atomic E-state index is -0.281. The Labute approximate surface area is 73.1 Å². The highest BCUT2D eigenvalue weighted by Gasteiger charge is 2.09. The van der Waals surface area contributed by atoms with Crippen LogP contribution in [0.3, 0.4) is 0 Å². The molecule has 0 heterocycles. The van der Waals surface area contributed by atoms with E-state index in [1.165, 1.54) is 0 Å². The Bertz CT molecular complexity index is 95.1. The summed E-state index contributed by atoms with van der Waals surface area (Å²) in [5.41, 5.74) is 0. The van der Waals surface area contributed by atoms with Gasteiger partial charge in [-0.25, -0.2) is 0 Å². The topological polar surface area (TPSA) is 58.9 Å². The van der Waals surface area contributed by atoms with E-state index in [4.69, 9.17) is 19.7 Å². The fraction of sp³-hybridized carbons (Fsp3) is 1.00. The first-order valence-electron chi connectivity index (χ1n) is 4.15. The molecule has 0 aliphatic heterocycles. The van der Waals surface area contributed by atoms with Crippen LogP contribution >= 0.6 is 0 Å². The molecule has 4 nitrogen and oxygen atoms in total. The second kappa shape index (κ2) is 7.49. The summed E-state index contributed by atoms with van der Waals surface area (Å²) in [7, 11) is 0. The maximum Gasteiger partial charge on any atom is 0.104 e. The Morgan fingerprint density at radius 3 is 2.33 bits per heavy atom. The van der Waals surface area contributed by atoms with Gasteiger partial charge in [-0.3, -0.25) is 0 Å². The van der Waals surface area contributed by atoms with Gasteiger partial charge in [0.2, 0.25) is 0 Å². The van der Waals surface area contributed by atoms with E-state index in [2.05, 4.69) is 0 Å². The quantitative estimate of drug-likeness (QED) is 0.529. The van der Waals surface area contributed by atoms with Crippen LogP contribution in [-0.2, 0) is 9.47 Å². The maximum atomic E-state index is 8.81. The first kappa shape index (κ1) is 11.8. The smallest absolute Gasteiger partial charge is 0.104 e. The van der Waals surface area contributed by atoms with Gasteiger partial charge in [0.05, 0.1) is 32.5 Å². The highest BCUT2D eigenvalue weighted by atomic mass is 16.5. The van der Waals surface area contributed by atoms with Crippen LogP contribution < -0.4 is 0 Å². The molecule has 0 radical (unpaired) electrons. The lowest BCUT2D eigenvalue weighted by Crippen LogP contribution is -2.27. The van der Waals surface area contributed by atoms with Crippen molar-refractivity contribution in [1.29, 1.82) is 0 Å². The van der Waals surface area contributed by atoms with Gasteiger partial charge >= 0.3 is 0 Å². The summed E-state index contributed by atoms with van der Waals surface area (Å²) >= 11 is 0. The molecule has 0 amide bonds. The molecule has 0 bridgehead atoms. The predicted molar refractivity (Wildman–Crippen MR) is 45.0 cm³/mol. The summed E-state index contributed by atoms with van der Waals surface area (Å²) in [6.45, 7) is 4.36. The molecule has 0 aromatic rings. The molecule has 0 aliphatic carbocycles. The molecule has 0 fully saturated rings. The molecule has 1 unspecified atom stereocenters. The van der Waals surface area contributed by atoms with E-state index in [1.807, 2.05) is 13.8 Å². The molecule has 0 spiro atoms. The van der Waals surface area contributed by atoms with Crippen LogP contribution in [0.4, 0.5) is 0 Å². The number of aliphatic hydroxyl groups excluding tert-OH is 2. The van der Waals surface area contributed by atoms with E-state index in [1.54, 1.807) is 0 Å². The van der Waals surface area contributed by atoms with Gasteiger partial charge in [-0.1, -0.05) is 0 Å². The lowest BCUT2D eigenvalue weighted by Gasteiger charge is -2.17. The van der Waals surface area contributed by atoms with E-state index in [0.29, 0.717) is 6.61 Å². The van der Waals surface area contributed by atoms with Gasteiger partial charge in [0.25, 0.3) is 0 Å². The molecule has 0 aliphatic rings. The first-order chi connectivity index (χ1) is 5.70. The first-order valence-corrected chi connectivity index (χ1v) is 4.15. The Hall–Kier alpha value is -0.160. The molecule has 0 saturated heterocycles. The summed E-state index contributed by atoms with van der Waals surface area (Å²) in [5.74, 6) is 0. The minimum Gasteiger partial charge on any atom is -0.394 e. The Balaban J connectivity index is 3.39. The van der Waals surface area contributed by atoms with Crippen molar-refractivity contribution in [2.75, 3.05) is 26.4 Å². The standard InChI is InChI=1S/C8H18O4/c1-7(2)12-8(5-10)6-11-4-3-9/h7-10H,3-6H2,1-2H3. The number of ether oxygens (including phenoxy) is 2. The maximum absolute atomic E-state index is 8.81. The lowest BCUT2D eigenvalue weighted by molar-refractivity contribution is -0.0704. The Morgan fingerprint density at radius 1 is 1.25 bits per heavy atom.